The first kappa shape index (κ1) is 18.4. The number of aliphatic hydroxyl groups is 1. The molecule has 0 aromatic rings. The first-order valence-electron chi connectivity index (χ1n) is 8.36. The van der Waals surface area contributed by atoms with Crippen LogP contribution in [-0.2, 0) is 9.78 Å². The van der Waals surface area contributed by atoms with Gasteiger partial charge in [-0.25, -0.2) is 9.78 Å². The second-order valence-electron chi connectivity index (χ2n) is 6.30. The van der Waals surface area contributed by atoms with Gasteiger partial charge in [-0.1, -0.05) is 50.8 Å². The SMILES string of the molecule is C=C(C)[C@H]1CC=C(C)C(OOC(O)CCCCCCC)C1. The molecule has 0 heterocycles. The lowest BCUT2D eigenvalue weighted by molar-refractivity contribution is -0.388. The lowest BCUT2D eigenvalue weighted by Crippen LogP contribution is -2.26. The molecule has 1 rings (SSSR count). The molecule has 0 radical (unpaired) electrons. The Balaban J connectivity index is 2.22. The summed E-state index contributed by atoms with van der Waals surface area (Å²) in [6.45, 7) is 10.3. The van der Waals surface area contributed by atoms with Crippen LogP contribution in [0.5, 0.6) is 0 Å². The molecule has 1 N–H and O–H groups in total. The summed E-state index contributed by atoms with van der Waals surface area (Å²) >= 11 is 0. The van der Waals surface area contributed by atoms with Crippen molar-refractivity contribution in [2.45, 2.75) is 84.5 Å². The van der Waals surface area contributed by atoms with Crippen molar-refractivity contribution < 1.29 is 14.9 Å². The van der Waals surface area contributed by atoms with E-state index in [1.54, 1.807) is 0 Å². The van der Waals surface area contributed by atoms with Gasteiger partial charge < -0.3 is 5.11 Å². The molecule has 1 aliphatic carbocycles. The zero-order valence-electron chi connectivity index (χ0n) is 13.9. The van der Waals surface area contributed by atoms with Crippen LogP contribution in [-0.4, -0.2) is 17.5 Å². The van der Waals surface area contributed by atoms with E-state index in [0.29, 0.717) is 12.3 Å². The molecule has 0 aliphatic heterocycles. The van der Waals surface area contributed by atoms with Crippen molar-refractivity contribution in [3.05, 3.63) is 23.8 Å². The Bertz CT molecular complexity index is 335. The van der Waals surface area contributed by atoms with Crippen LogP contribution >= 0.6 is 0 Å². The first-order valence-corrected chi connectivity index (χ1v) is 8.36. The molecule has 0 saturated heterocycles. The fraction of sp³-hybridized carbons (Fsp3) is 0.778. The number of unbranched alkanes of at least 4 members (excludes halogenated alkanes) is 4. The van der Waals surface area contributed by atoms with Gasteiger partial charge in [-0.2, -0.15) is 0 Å². The van der Waals surface area contributed by atoms with E-state index in [-0.39, 0.29) is 6.10 Å². The minimum absolute atomic E-state index is 0.0600. The maximum absolute atomic E-state index is 9.81. The maximum atomic E-state index is 9.81. The van der Waals surface area contributed by atoms with Crippen LogP contribution in [0.1, 0.15) is 72.1 Å². The zero-order valence-corrected chi connectivity index (χ0v) is 13.9. The summed E-state index contributed by atoms with van der Waals surface area (Å²) in [5, 5.41) is 9.81. The molecule has 122 valence electrons. The Kier molecular flexibility index (Phi) is 8.90. The minimum Gasteiger partial charge on any atom is -0.366 e. The molecule has 3 atom stereocenters. The highest BCUT2D eigenvalue weighted by Crippen LogP contribution is 2.30. The van der Waals surface area contributed by atoms with Gasteiger partial charge in [-0.05, 0) is 44.6 Å². The summed E-state index contributed by atoms with van der Waals surface area (Å²) in [6.07, 6.45) is 9.74. The van der Waals surface area contributed by atoms with E-state index in [2.05, 4.69) is 33.4 Å². The van der Waals surface area contributed by atoms with Crippen molar-refractivity contribution in [2.75, 3.05) is 0 Å². The van der Waals surface area contributed by atoms with Crippen LogP contribution in [0.3, 0.4) is 0 Å². The quantitative estimate of drug-likeness (QED) is 0.204. The lowest BCUT2D eigenvalue weighted by Gasteiger charge is -2.28. The van der Waals surface area contributed by atoms with E-state index in [1.165, 1.54) is 30.4 Å². The van der Waals surface area contributed by atoms with Gasteiger partial charge in [-0.15, -0.1) is 0 Å². The molecule has 0 spiro atoms. The molecular weight excluding hydrogens is 264 g/mol. The van der Waals surface area contributed by atoms with Gasteiger partial charge in [0.05, 0.1) is 0 Å². The molecule has 0 aromatic carbocycles. The van der Waals surface area contributed by atoms with E-state index in [4.69, 9.17) is 9.78 Å². The van der Waals surface area contributed by atoms with Crippen LogP contribution in [0.15, 0.2) is 23.8 Å². The molecule has 3 nitrogen and oxygen atoms in total. The van der Waals surface area contributed by atoms with Gasteiger partial charge in [0.25, 0.3) is 0 Å². The van der Waals surface area contributed by atoms with Crippen LogP contribution in [0.25, 0.3) is 0 Å². The second kappa shape index (κ2) is 10.1. The largest absolute Gasteiger partial charge is 0.366 e. The Morgan fingerprint density at radius 1 is 1.38 bits per heavy atom. The molecule has 0 fully saturated rings. The van der Waals surface area contributed by atoms with Crippen LogP contribution in [0.4, 0.5) is 0 Å². The third-order valence-corrected chi connectivity index (χ3v) is 4.27. The molecule has 0 saturated carbocycles. The second-order valence-corrected chi connectivity index (χ2v) is 6.30. The van der Waals surface area contributed by atoms with Crippen molar-refractivity contribution in [2.24, 2.45) is 5.92 Å². The van der Waals surface area contributed by atoms with Crippen molar-refractivity contribution in [3.63, 3.8) is 0 Å². The number of aliphatic hydroxyl groups excluding tert-OH is 1. The van der Waals surface area contributed by atoms with Crippen LogP contribution in [0.2, 0.25) is 0 Å². The van der Waals surface area contributed by atoms with E-state index in [9.17, 15) is 5.11 Å². The van der Waals surface area contributed by atoms with Crippen molar-refractivity contribution >= 4 is 0 Å². The fourth-order valence-electron chi connectivity index (χ4n) is 2.62. The van der Waals surface area contributed by atoms with Crippen LogP contribution in [0, 0.1) is 5.92 Å². The fourth-order valence-corrected chi connectivity index (χ4v) is 2.62. The standard InChI is InChI=1S/C18H32O3/c1-5-6-7-8-9-10-18(19)21-20-17-13-16(14(2)3)12-11-15(17)4/h11,16-19H,2,5-10,12-13H2,1,3-4H3/t16-,17?,18?/m0/s1. The van der Waals surface area contributed by atoms with Gasteiger partial charge in [-0.3, -0.25) is 0 Å². The maximum Gasteiger partial charge on any atom is 0.188 e. The monoisotopic (exact) mass is 296 g/mol. The number of hydrogen-bond acceptors (Lipinski definition) is 3. The highest BCUT2D eigenvalue weighted by atomic mass is 17.2. The lowest BCUT2D eigenvalue weighted by atomic mass is 9.84. The summed E-state index contributed by atoms with van der Waals surface area (Å²) in [5.74, 6) is 0.452. The Labute approximate surface area is 130 Å². The highest BCUT2D eigenvalue weighted by molar-refractivity contribution is 5.14. The topological polar surface area (TPSA) is 38.7 Å². The van der Waals surface area contributed by atoms with Gasteiger partial charge in [0.2, 0.25) is 0 Å². The van der Waals surface area contributed by atoms with E-state index in [1.807, 2.05) is 0 Å². The van der Waals surface area contributed by atoms with Gasteiger partial charge in [0.1, 0.15) is 6.10 Å². The van der Waals surface area contributed by atoms with Crippen molar-refractivity contribution in [1.82, 2.24) is 0 Å². The molecule has 2 unspecified atom stereocenters. The molecule has 0 bridgehead atoms. The van der Waals surface area contributed by atoms with E-state index < -0.39 is 6.29 Å². The average Bonchev–Trinajstić information content (AvgIpc) is 2.46. The predicted molar refractivity (Wildman–Crippen MR) is 86.6 cm³/mol. The zero-order chi connectivity index (χ0) is 15.7. The Morgan fingerprint density at radius 2 is 2.10 bits per heavy atom. The summed E-state index contributed by atoms with van der Waals surface area (Å²) < 4.78 is 0. The third-order valence-electron chi connectivity index (χ3n) is 4.27. The van der Waals surface area contributed by atoms with E-state index in [0.717, 1.165) is 25.7 Å². The summed E-state index contributed by atoms with van der Waals surface area (Å²) in [4.78, 5) is 10.6. The average molecular weight is 296 g/mol. The molecular formula is C18H32O3. The number of rotatable bonds is 10. The van der Waals surface area contributed by atoms with Gasteiger partial charge in [0, 0.05) is 6.42 Å². The first-order chi connectivity index (χ1) is 10.0. The molecule has 3 heteroatoms. The molecule has 1 aliphatic rings. The highest BCUT2D eigenvalue weighted by Gasteiger charge is 2.24. The van der Waals surface area contributed by atoms with Crippen molar-refractivity contribution in [1.29, 1.82) is 0 Å². The Morgan fingerprint density at radius 3 is 2.76 bits per heavy atom. The third kappa shape index (κ3) is 7.25. The Hall–Kier alpha value is -0.640. The number of hydrogen-bond donors (Lipinski definition) is 1. The molecule has 0 aromatic heterocycles. The smallest absolute Gasteiger partial charge is 0.188 e. The summed E-state index contributed by atoms with van der Waals surface area (Å²) in [7, 11) is 0. The van der Waals surface area contributed by atoms with Crippen LogP contribution < -0.4 is 0 Å². The van der Waals surface area contributed by atoms with Gasteiger partial charge >= 0.3 is 0 Å². The summed E-state index contributed by atoms with van der Waals surface area (Å²) in [6, 6.07) is 0. The summed E-state index contributed by atoms with van der Waals surface area (Å²) in [5.41, 5.74) is 2.37. The predicted octanol–water partition coefficient (Wildman–Crippen LogP) is 4.91. The minimum atomic E-state index is -0.815. The van der Waals surface area contributed by atoms with E-state index >= 15 is 0 Å². The van der Waals surface area contributed by atoms with Gasteiger partial charge in [0.15, 0.2) is 6.29 Å². The number of allylic oxidation sites excluding steroid dienone is 2. The normalized spacial score (nSPS) is 23.7. The molecule has 21 heavy (non-hydrogen) atoms. The molecule has 0 amide bonds. The van der Waals surface area contributed by atoms with Crippen molar-refractivity contribution in [3.8, 4) is 0 Å².